The highest BCUT2D eigenvalue weighted by Crippen LogP contribution is 2.42. The molecule has 2 saturated heterocycles. The highest BCUT2D eigenvalue weighted by atomic mass is 32.2. The lowest BCUT2D eigenvalue weighted by Gasteiger charge is -2.50. The first-order valence-electron chi connectivity index (χ1n) is 11.7. The van der Waals surface area contributed by atoms with E-state index >= 15 is 0 Å². The van der Waals surface area contributed by atoms with Crippen LogP contribution in [0.3, 0.4) is 0 Å². The van der Waals surface area contributed by atoms with Gasteiger partial charge in [-0.2, -0.15) is 0 Å². The van der Waals surface area contributed by atoms with Gasteiger partial charge in [0.05, 0.1) is 41.8 Å². The van der Waals surface area contributed by atoms with Gasteiger partial charge in [-0.25, -0.2) is 9.98 Å². The van der Waals surface area contributed by atoms with E-state index in [0.29, 0.717) is 17.1 Å². The molecule has 2 unspecified atom stereocenters. The first-order chi connectivity index (χ1) is 18.2. The Morgan fingerprint density at radius 2 is 2.16 bits per heavy atom. The Bertz CT molecular complexity index is 1290. The zero-order valence-electron chi connectivity index (χ0n) is 20.2. The summed E-state index contributed by atoms with van der Waals surface area (Å²) in [6.07, 6.45) is 4.30. The number of likely N-dealkylation sites (tertiary alicyclic amines) is 1. The maximum atomic E-state index is 12.9. The Morgan fingerprint density at radius 3 is 2.76 bits per heavy atom. The first-order valence-corrected chi connectivity index (χ1v) is 15.6. The van der Waals surface area contributed by atoms with Gasteiger partial charge in [0, 0.05) is 35.9 Å². The summed E-state index contributed by atoms with van der Waals surface area (Å²) >= 11 is 5.63. The maximum Gasteiger partial charge on any atom is 0.276 e. The highest BCUT2D eigenvalue weighted by molar-refractivity contribution is 8.19. The molecule has 4 N–H and O–H groups in total. The van der Waals surface area contributed by atoms with Gasteiger partial charge in [-0.1, -0.05) is 5.16 Å². The fraction of sp³-hybridized carbons (Fsp3) is 0.455. The van der Waals surface area contributed by atoms with Crippen LogP contribution < -0.4 is 16.2 Å². The van der Waals surface area contributed by atoms with Crippen LogP contribution in [0.4, 0.5) is 5.13 Å². The fourth-order valence-electron chi connectivity index (χ4n) is 4.73. The molecule has 5 heterocycles. The number of amides is 2. The second kappa shape index (κ2) is 10.9. The molecule has 3 atom stereocenters. The number of rotatable bonds is 8. The summed E-state index contributed by atoms with van der Waals surface area (Å²) in [6, 6.07) is -0.983. The second-order valence-corrected chi connectivity index (χ2v) is 13.7. The van der Waals surface area contributed by atoms with Crippen LogP contribution in [0.2, 0.25) is 0 Å². The molecule has 1 aromatic heterocycles. The molecule has 12 nitrogen and oxygen atoms in total. The van der Waals surface area contributed by atoms with Crippen LogP contribution in [-0.2, 0) is 14.4 Å². The first kappa shape index (κ1) is 27.1. The Hall–Kier alpha value is -2.53. The van der Waals surface area contributed by atoms with E-state index in [2.05, 4.69) is 32.9 Å². The molecule has 2 amide bonds. The van der Waals surface area contributed by atoms with Crippen LogP contribution in [-0.4, -0.2) is 96.9 Å². The van der Waals surface area contributed by atoms with E-state index in [0.717, 1.165) is 34.7 Å². The molecular formula is C22H25N7O5S4. The normalized spacial score (nSPS) is 26.6. The van der Waals surface area contributed by atoms with Crippen LogP contribution in [0.15, 0.2) is 38.0 Å². The number of thiazole rings is 1. The quantitative estimate of drug-likeness (QED) is 0.124. The largest absolute Gasteiger partial charge is 0.543 e. The Morgan fingerprint density at radius 1 is 1.39 bits per heavy atom. The van der Waals surface area contributed by atoms with Crippen molar-refractivity contribution in [3.8, 4) is 0 Å². The van der Waals surface area contributed by atoms with Crippen LogP contribution in [0.25, 0.3) is 0 Å². The van der Waals surface area contributed by atoms with Gasteiger partial charge in [0.1, 0.15) is 17.1 Å². The molecule has 202 valence electrons. The van der Waals surface area contributed by atoms with Gasteiger partial charge in [-0.05, 0) is 5.57 Å². The van der Waals surface area contributed by atoms with E-state index in [9.17, 15) is 24.7 Å². The van der Waals surface area contributed by atoms with E-state index < -0.39 is 29.2 Å². The van der Waals surface area contributed by atoms with E-state index in [4.69, 9.17) is 5.73 Å². The topological polar surface area (TPSA) is 173 Å². The molecule has 16 heteroatoms. The monoisotopic (exact) mass is 595 g/mol. The van der Waals surface area contributed by atoms with Crippen molar-refractivity contribution in [2.45, 2.75) is 28.8 Å². The number of carboxylic acids is 1. The van der Waals surface area contributed by atoms with Crippen LogP contribution >= 0.6 is 46.6 Å². The standard InChI is InChI=1S/C22H25N7O5S4/c1-29(4-2-3-5-29)13-10-36-14(6-24-13)35-7-11-8-37-20-16(19(31)28(20)17(11)21(32)33)26-18(30)15(27-34)12-9-38-22(23)25-12/h6,9-10,14,16,20H,2-5,7-8H2,1H3,(H4-,23,25,26,30,32,33,34)/t14?,16-,20?/m1/s1. The SMILES string of the molecule is C[N+]1(C2=CSC(SCC3=C(C(=O)[O-])N4C(=O)[C@@H](NC(=O)/C(=N\O)c5csc(N)n5)C4SC3)C=N2)CCCC1. The molecular weight excluding hydrogens is 571 g/mol. The number of anilines is 1. The van der Waals surface area contributed by atoms with Crippen molar-refractivity contribution in [2.75, 3.05) is 37.4 Å². The number of carboxylic acid groups (broad SMARTS) is 1. The van der Waals surface area contributed by atoms with E-state index in [-0.39, 0.29) is 26.8 Å². The minimum Gasteiger partial charge on any atom is -0.543 e. The summed E-state index contributed by atoms with van der Waals surface area (Å²) < 4.78 is 0.873. The summed E-state index contributed by atoms with van der Waals surface area (Å²) in [4.78, 5) is 47.4. The molecule has 0 bridgehead atoms. The molecule has 5 rings (SSSR count). The van der Waals surface area contributed by atoms with E-state index in [1.54, 1.807) is 23.5 Å². The number of nitrogens with zero attached hydrogens (tertiary/aromatic N) is 5. The Labute approximate surface area is 235 Å². The van der Waals surface area contributed by atoms with Crippen molar-refractivity contribution in [1.29, 1.82) is 0 Å². The van der Waals surface area contributed by atoms with Crippen molar-refractivity contribution in [3.63, 3.8) is 0 Å². The van der Waals surface area contributed by atoms with Gasteiger partial charge in [-0.15, -0.1) is 46.6 Å². The molecule has 4 aliphatic rings. The number of nitrogens with one attached hydrogen (secondary N) is 1. The minimum absolute atomic E-state index is 0.0289. The lowest BCUT2D eigenvalue weighted by molar-refractivity contribution is -0.860. The van der Waals surface area contributed by atoms with E-state index in [1.807, 2.05) is 6.21 Å². The molecule has 0 radical (unpaired) electrons. The number of hydrogen-bond donors (Lipinski definition) is 3. The fourth-order valence-corrected chi connectivity index (χ4v) is 8.89. The summed E-state index contributed by atoms with van der Waals surface area (Å²) in [7, 11) is 2.20. The van der Waals surface area contributed by atoms with Crippen LogP contribution in [0, 0.1) is 0 Å². The lowest BCUT2D eigenvalue weighted by Crippen LogP contribution is -2.71. The third-order valence-electron chi connectivity index (χ3n) is 6.77. The Kier molecular flexibility index (Phi) is 7.77. The molecule has 0 spiro atoms. The lowest BCUT2D eigenvalue weighted by atomic mass is 10.0. The summed E-state index contributed by atoms with van der Waals surface area (Å²) in [5.41, 5.74) is 5.71. The zero-order chi connectivity index (χ0) is 27.0. The van der Waals surface area contributed by atoms with Crippen molar-refractivity contribution in [2.24, 2.45) is 10.1 Å². The predicted molar refractivity (Wildman–Crippen MR) is 147 cm³/mol. The highest BCUT2D eigenvalue weighted by Gasteiger charge is 2.53. The maximum absolute atomic E-state index is 12.9. The minimum atomic E-state index is -1.43. The van der Waals surface area contributed by atoms with Gasteiger partial charge < -0.3 is 26.2 Å². The third-order valence-corrected chi connectivity index (χ3v) is 11.2. The smallest absolute Gasteiger partial charge is 0.276 e. The van der Waals surface area contributed by atoms with E-state index in [1.165, 1.54) is 34.9 Å². The van der Waals surface area contributed by atoms with Crippen molar-refractivity contribution in [1.82, 2.24) is 15.2 Å². The molecule has 4 aliphatic heterocycles. The van der Waals surface area contributed by atoms with Crippen LogP contribution in [0.1, 0.15) is 18.5 Å². The van der Waals surface area contributed by atoms with Gasteiger partial charge in [0.2, 0.25) is 5.82 Å². The third kappa shape index (κ3) is 5.06. The number of fused-ring (bicyclic) bond motifs is 1. The van der Waals surface area contributed by atoms with Crippen molar-refractivity contribution in [3.05, 3.63) is 33.6 Å². The number of oxime groups is 1. The number of hydrogen-bond acceptors (Lipinski definition) is 13. The van der Waals surface area contributed by atoms with Gasteiger partial charge in [0.15, 0.2) is 10.8 Å². The van der Waals surface area contributed by atoms with Crippen molar-refractivity contribution < 1.29 is 29.2 Å². The second-order valence-electron chi connectivity index (χ2n) is 9.24. The number of quaternary nitrogens is 1. The zero-order valence-corrected chi connectivity index (χ0v) is 23.5. The van der Waals surface area contributed by atoms with Gasteiger partial charge in [0.25, 0.3) is 11.8 Å². The number of carbonyl (C=O) groups is 3. The molecule has 1 aromatic rings. The molecule has 0 aromatic carbocycles. The number of nitrogen functional groups attached to an aromatic ring is 1. The average molecular weight is 596 g/mol. The number of aromatic nitrogens is 1. The summed E-state index contributed by atoms with van der Waals surface area (Å²) in [6.45, 7) is 2.17. The number of aliphatic carboxylic acids is 1. The number of carbonyl (C=O) groups excluding carboxylic acids is 3. The predicted octanol–water partition coefficient (Wildman–Crippen LogP) is 0.224. The molecule has 2 fully saturated rings. The number of aliphatic imine (C=N–C) groups is 1. The summed E-state index contributed by atoms with van der Waals surface area (Å²) in [5, 5.41) is 30.0. The van der Waals surface area contributed by atoms with Crippen LogP contribution in [0.5, 0.6) is 0 Å². The van der Waals surface area contributed by atoms with Crippen molar-refractivity contribution >= 4 is 81.5 Å². The molecule has 0 saturated carbocycles. The molecule has 0 aliphatic carbocycles. The Balaban J connectivity index is 1.22. The molecule has 38 heavy (non-hydrogen) atoms. The van der Waals surface area contributed by atoms with Gasteiger partial charge >= 0.3 is 0 Å². The van der Waals surface area contributed by atoms with Gasteiger partial charge in [-0.3, -0.25) is 19.0 Å². The number of thioether (sulfide) groups is 3. The number of nitrogens with two attached hydrogens (primary N) is 1. The number of β-lactam (4-membered cyclic amide) rings is 1. The average Bonchev–Trinajstić information content (AvgIpc) is 3.55. The summed E-state index contributed by atoms with van der Waals surface area (Å²) in [5.74, 6) is -1.00.